The number of likely N-dealkylation sites (tertiary alicyclic amines) is 1. The van der Waals surface area contributed by atoms with Gasteiger partial charge in [-0.15, -0.1) is 0 Å². The van der Waals surface area contributed by atoms with Gasteiger partial charge in [-0.05, 0) is 47.2 Å². The maximum absolute atomic E-state index is 12.9. The van der Waals surface area contributed by atoms with E-state index in [1.54, 1.807) is 11.0 Å². The van der Waals surface area contributed by atoms with Gasteiger partial charge in [-0.1, -0.05) is 13.0 Å². The molecule has 2 aliphatic rings. The molecular formula is C25H29F3N4O3. The number of fused-ring (bicyclic) bond motifs is 1. The van der Waals surface area contributed by atoms with Crippen molar-refractivity contribution in [1.29, 1.82) is 0 Å². The summed E-state index contributed by atoms with van der Waals surface area (Å²) in [5, 5.41) is 11.8. The second kappa shape index (κ2) is 10.3. The molecule has 2 aliphatic heterocycles. The summed E-state index contributed by atoms with van der Waals surface area (Å²) in [7, 11) is 0. The number of nitrogens with one attached hydrogen (secondary N) is 1. The second-order valence-corrected chi connectivity index (χ2v) is 9.32. The Labute approximate surface area is 201 Å². The summed E-state index contributed by atoms with van der Waals surface area (Å²) in [6, 6.07) is 6.86. The molecule has 2 aromatic rings. The summed E-state index contributed by atoms with van der Waals surface area (Å²) in [4.78, 5) is 33.1. The molecule has 0 radical (unpaired) electrons. The number of pyridine rings is 1. The molecule has 3 heterocycles. The smallest absolute Gasteiger partial charge is 0.393 e. The zero-order valence-electron chi connectivity index (χ0n) is 19.5. The first-order chi connectivity index (χ1) is 16.6. The highest BCUT2D eigenvalue weighted by Gasteiger charge is 2.33. The summed E-state index contributed by atoms with van der Waals surface area (Å²) in [5.41, 5.74) is 2.75. The van der Waals surface area contributed by atoms with Crippen molar-refractivity contribution in [2.75, 3.05) is 31.6 Å². The van der Waals surface area contributed by atoms with Gasteiger partial charge in [0.1, 0.15) is 0 Å². The van der Waals surface area contributed by atoms with Crippen molar-refractivity contribution in [2.45, 2.75) is 50.9 Å². The van der Waals surface area contributed by atoms with E-state index >= 15 is 0 Å². The molecule has 2 amide bonds. The molecular weight excluding hydrogens is 461 g/mol. The number of nitrogens with zero attached hydrogens (tertiary/aromatic N) is 3. The van der Waals surface area contributed by atoms with Crippen LogP contribution in [0.5, 0.6) is 0 Å². The molecule has 1 aromatic heterocycles. The predicted octanol–water partition coefficient (Wildman–Crippen LogP) is 3.34. The molecule has 4 rings (SSSR count). The summed E-state index contributed by atoms with van der Waals surface area (Å²) in [6.45, 7) is 4.47. The number of halogens is 3. The minimum Gasteiger partial charge on any atom is -0.395 e. The van der Waals surface area contributed by atoms with Crippen molar-refractivity contribution >= 4 is 17.5 Å². The molecule has 0 spiro atoms. The highest BCUT2D eigenvalue weighted by Crippen LogP contribution is 2.32. The van der Waals surface area contributed by atoms with Gasteiger partial charge < -0.3 is 15.3 Å². The summed E-state index contributed by atoms with van der Waals surface area (Å²) in [6.07, 6.45) is -1.78. The van der Waals surface area contributed by atoms with Crippen LogP contribution in [-0.2, 0) is 17.8 Å². The number of hydrogen-bond donors (Lipinski definition) is 2. The molecule has 1 aromatic carbocycles. The molecule has 1 saturated heterocycles. The molecule has 0 saturated carbocycles. The Hall–Kier alpha value is -2.98. The van der Waals surface area contributed by atoms with E-state index in [1.807, 2.05) is 12.1 Å². The van der Waals surface area contributed by atoms with Crippen molar-refractivity contribution in [2.24, 2.45) is 0 Å². The van der Waals surface area contributed by atoms with Crippen LogP contribution in [-0.4, -0.2) is 70.2 Å². The van der Waals surface area contributed by atoms with Crippen molar-refractivity contribution in [1.82, 2.24) is 14.8 Å². The molecule has 1 fully saturated rings. The van der Waals surface area contributed by atoms with Gasteiger partial charge in [0.2, 0.25) is 5.91 Å². The van der Waals surface area contributed by atoms with E-state index in [9.17, 15) is 22.8 Å². The number of rotatable bonds is 6. The van der Waals surface area contributed by atoms with Gasteiger partial charge in [-0.25, -0.2) is 0 Å². The van der Waals surface area contributed by atoms with Crippen LogP contribution in [0.25, 0.3) is 0 Å². The largest absolute Gasteiger partial charge is 0.395 e. The number of aliphatic hydroxyl groups excluding tert-OH is 1. The fourth-order valence-corrected chi connectivity index (χ4v) is 4.99. The zero-order valence-corrected chi connectivity index (χ0v) is 19.5. The molecule has 2 N–H and O–H groups in total. The van der Waals surface area contributed by atoms with Crippen LogP contribution in [0.4, 0.5) is 18.9 Å². The Morgan fingerprint density at radius 2 is 2.06 bits per heavy atom. The van der Waals surface area contributed by atoms with Crippen molar-refractivity contribution in [3.8, 4) is 0 Å². The van der Waals surface area contributed by atoms with Crippen molar-refractivity contribution in [3.05, 3.63) is 58.9 Å². The van der Waals surface area contributed by atoms with Crippen LogP contribution < -0.4 is 5.32 Å². The molecule has 10 heteroatoms. The number of anilines is 1. The molecule has 1 unspecified atom stereocenters. The third-order valence-corrected chi connectivity index (χ3v) is 6.66. The molecule has 188 valence electrons. The van der Waals surface area contributed by atoms with Gasteiger partial charge >= 0.3 is 6.18 Å². The van der Waals surface area contributed by atoms with E-state index in [1.165, 1.54) is 12.3 Å². The molecule has 0 aliphatic carbocycles. The van der Waals surface area contributed by atoms with Crippen molar-refractivity contribution < 1.29 is 27.9 Å². The van der Waals surface area contributed by atoms with Gasteiger partial charge in [-0.3, -0.25) is 19.5 Å². The highest BCUT2D eigenvalue weighted by atomic mass is 19.4. The maximum atomic E-state index is 12.9. The lowest BCUT2D eigenvalue weighted by molar-refractivity contribution is -0.136. The second-order valence-electron chi connectivity index (χ2n) is 9.32. The lowest BCUT2D eigenvalue weighted by Gasteiger charge is -2.42. The van der Waals surface area contributed by atoms with E-state index in [0.717, 1.165) is 30.3 Å². The Balaban J connectivity index is 1.45. The van der Waals surface area contributed by atoms with Crippen LogP contribution in [0, 0.1) is 0 Å². The standard InChI is InChI=1S/C25H29F3N4O3/c1-16-14-32(21-4-5-31(6-7-33)23(34)10-21)15-19-9-18(2-3-22(16)19)24(35)30-20-8-17(12-29-13-20)11-25(26,27)28/h2-3,8-9,12-13,16,21,33H,4-7,10-11,14-15H2,1H3,(H,30,35)/t16-,21?/m0/s1. The van der Waals surface area contributed by atoms with E-state index in [4.69, 9.17) is 5.11 Å². The van der Waals surface area contributed by atoms with Crippen molar-refractivity contribution in [3.63, 3.8) is 0 Å². The number of alkyl halides is 3. The van der Waals surface area contributed by atoms with Gasteiger partial charge in [0.05, 0.1) is 24.9 Å². The molecule has 35 heavy (non-hydrogen) atoms. The minimum absolute atomic E-state index is 0.0233. The number of β-amino-alcohol motifs (C(OH)–C–C–N with tert-alkyl or cyclic N) is 1. The monoisotopic (exact) mass is 490 g/mol. The zero-order chi connectivity index (χ0) is 25.2. The van der Waals surface area contributed by atoms with E-state index in [-0.39, 0.29) is 35.7 Å². The fourth-order valence-electron chi connectivity index (χ4n) is 4.99. The lowest BCUT2D eigenvalue weighted by atomic mass is 9.87. The lowest BCUT2D eigenvalue weighted by Crippen LogP contribution is -2.50. The van der Waals surface area contributed by atoms with Crippen LogP contribution in [0.1, 0.15) is 52.7 Å². The predicted molar refractivity (Wildman–Crippen MR) is 124 cm³/mol. The average Bonchev–Trinajstić information content (AvgIpc) is 2.79. The Bertz CT molecular complexity index is 1090. The number of amides is 2. The first-order valence-electron chi connectivity index (χ1n) is 11.7. The first-order valence-corrected chi connectivity index (χ1v) is 11.7. The van der Waals surface area contributed by atoms with Crippen LogP contribution in [0.2, 0.25) is 0 Å². The number of hydrogen-bond acceptors (Lipinski definition) is 5. The number of benzene rings is 1. The SMILES string of the molecule is C[C@H]1CN(C2CCN(CCO)C(=O)C2)Cc2cc(C(=O)Nc3cncc(CC(F)(F)F)c3)ccc21. The topological polar surface area (TPSA) is 85.8 Å². The number of piperidine rings is 1. The number of aliphatic hydroxyl groups is 1. The third kappa shape index (κ3) is 6.18. The maximum Gasteiger partial charge on any atom is 0.393 e. The summed E-state index contributed by atoms with van der Waals surface area (Å²) < 4.78 is 38.1. The van der Waals surface area contributed by atoms with Gasteiger partial charge in [0.15, 0.2) is 0 Å². The average molecular weight is 491 g/mol. The van der Waals surface area contributed by atoms with E-state index in [2.05, 4.69) is 22.1 Å². The number of aromatic nitrogens is 1. The third-order valence-electron chi connectivity index (χ3n) is 6.66. The minimum atomic E-state index is -4.36. The highest BCUT2D eigenvalue weighted by molar-refractivity contribution is 6.04. The van der Waals surface area contributed by atoms with Crippen LogP contribution in [0.3, 0.4) is 0 Å². The fraction of sp³-hybridized carbons (Fsp3) is 0.480. The van der Waals surface area contributed by atoms with Gasteiger partial charge in [0, 0.05) is 50.4 Å². The first kappa shape index (κ1) is 25.1. The number of carbonyl (C=O) groups is 2. The Kier molecular flexibility index (Phi) is 7.42. The summed E-state index contributed by atoms with van der Waals surface area (Å²) >= 11 is 0. The Morgan fingerprint density at radius 1 is 1.26 bits per heavy atom. The quantitative estimate of drug-likeness (QED) is 0.649. The van der Waals surface area contributed by atoms with Crippen LogP contribution >= 0.6 is 0 Å². The van der Waals surface area contributed by atoms with Gasteiger partial charge in [-0.2, -0.15) is 13.2 Å². The van der Waals surface area contributed by atoms with E-state index < -0.39 is 18.5 Å². The normalized spacial score (nSPS) is 21.1. The van der Waals surface area contributed by atoms with E-state index in [0.29, 0.717) is 31.6 Å². The molecule has 0 bridgehead atoms. The Morgan fingerprint density at radius 3 is 2.77 bits per heavy atom. The summed E-state index contributed by atoms with van der Waals surface area (Å²) in [5.74, 6) is -0.149. The molecule has 7 nitrogen and oxygen atoms in total. The molecule has 2 atom stereocenters. The van der Waals surface area contributed by atoms with Crippen LogP contribution in [0.15, 0.2) is 36.7 Å². The van der Waals surface area contributed by atoms with Gasteiger partial charge in [0.25, 0.3) is 5.91 Å². The number of carbonyl (C=O) groups excluding carboxylic acids is 2.